The predicted octanol–water partition coefficient (Wildman–Crippen LogP) is 3.15. The number of aromatic nitrogens is 4. The summed E-state index contributed by atoms with van der Waals surface area (Å²) in [5, 5.41) is 9.26. The highest BCUT2D eigenvalue weighted by Crippen LogP contribution is 2.25. The maximum absolute atomic E-state index is 11.5. The van der Waals surface area contributed by atoms with Gasteiger partial charge in [0.25, 0.3) is 0 Å². The molecule has 4 heterocycles. The Balaban J connectivity index is 0.00000117. The van der Waals surface area contributed by atoms with Crippen LogP contribution in [0, 0.1) is 0 Å². The Labute approximate surface area is 177 Å². The molecule has 0 amide bonds. The third kappa shape index (κ3) is 5.18. The lowest BCUT2D eigenvalue weighted by Gasteiger charge is -2.23. The molecule has 1 aliphatic heterocycles. The van der Waals surface area contributed by atoms with Crippen molar-refractivity contribution in [1.82, 2.24) is 24.6 Å². The van der Waals surface area contributed by atoms with Gasteiger partial charge in [-0.05, 0) is 43.5 Å². The zero-order chi connectivity index (χ0) is 21.0. The van der Waals surface area contributed by atoms with Crippen LogP contribution in [0.4, 0.5) is 0 Å². The van der Waals surface area contributed by atoms with E-state index in [1.165, 1.54) is 5.56 Å². The molecule has 4 rings (SSSR count). The molecule has 3 aromatic heterocycles. The largest absolute Gasteiger partial charge is 0.314 e. The Kier molecular flexibility index (Phi) is 6.97. The molecule has 1 aliphatic rings. The van der Waals surface area contributed by atoms with Gasteiger partial charge in [-0.25, -0.2) is 13.4 Å². The molecule has 0 unspecified atom stereocenters. The van der Waals surface area contributed by atoms with Gasteiger partial charge >= 0.3 is 0 Å². The van der Waals surface area contributed by atoms with E-state index in [2.05, 4.69) is 21.6 Å². The van der Waals surface area contributed by atoms with Crippen molar-refractivity contribution in [3.05, 3.63) is 41.4 Å². The molecule has 0 radical (unpaired) electrons. The molecule has 0 aliphatic carbocycles. The first kappa shape index (κ1) is 21.8. The number of sulfone groups is 1. The molecule has 9 heteroatoms. The van der Waals surface area contributed by atoms with E-state index in [1.54, 1.807) is 16.9 Å². The quantitative estimate of drug-likeness (QED) is 0.620. The van der Waals surface area contributed by atoms with Gasteiger partial charge in [-0.1, -0.05) is 25.4 Å². The first-order valence-electron chi connectivity index (χ1n) is 10.0. The van der Waals surface area contributed by atoms with Crippen LogP contribution < -0.4 is 5.32 Å². The Morgan fingerprint density at radius 2 is 1.93 bits per heavy atom. The second-order valence-corrected chi connectivity index (χ2v) is 9.72. The number of rotatable bonds is 5. The van der Waals surface area contributed by atoms with Crippen LogP contribution in [-0.4, -0.2) is 51.8 Å². The second-order valence-electron chi connectivity index (χ2n) is 7.03. The van der Waals surface area contributed by atoms with Gasteiger partial charge in [0.2, 0.25) is 0 Å². The summed E-state index contributed by atoms with van der Waals surface area (Å²) in [4.78, 5) is 4.50. The van der Waals surface area contributed by atoms with Gasteiger partial charge in [0.1, 0.15) is 20.6 Å². The number of pyridine rings is 1. The van der Waals surface area contributed by atoms with E-state index in [9.17, 15) is 8.42 Å². The van der Waals surface area contributed by atoms with Crippen molar-refractivity contribution in [2.75, 3.05) is 18.1 Å². The van der Waals surface area contributed by atoms with Crippen LogP contribution >= 0.6 is 11.6 Å². The minimum Gasteiger partial charge on any atom is -0.314 e. The maximum Gasteiger partial charge on any atom is 0.150 e. The fourth-order valence-electron chi connectivity index (χ4n) is 3.58. The Bertz CT molecular complexity index is 1060. The Morgan fingerprint density at radius 3 is 2.59 bits per heavy atom. The summed E-state index contributed by atoms with van der Waals surface area (Å²) in [7, 11) is -0.943. The summed E-state index contributed by atoms with van der Waals surface area (Å²) < 4.78 is 26.9. The van der Waals surface area contributed by atoms with E-state index < -0.39 is 9.84 Å². The molecule has 29 heavy (non-hydrogen) atoms. The first-order chi connectivity index (χ1) is 13.9. The summed E-state index contributed by atoms with van der Waals surface area (Å²) in [5.41, 5.74) is 2.93. The summed E-state index contributed by atoms with van der Waals surface area (Å²) in [6.45, 7) is 4.79. The molecule has 3 aromatic rings. The van der Waals surface area contributed by atoms with E-state index >= 15 is 0 Å². The van der Waals surface area contributed by atoms with Crippen LogP contribution in [0.2, 0.25) is 5.15 Å². The monoisotopic (exact) mass is 437 g/mol. The van der Waals surface area contributed by atoms with Crippen molar-refractivity contribution in [2.24, 2.45) is 7.05 Å². The van der Waals surface area contributed by atoms with E-state index in [-0.39, 0.29) is 17.5 Å². The lowest BCUT2D eigenvalue weighted by atomic mass is 10.1. The fourth-order valence-corrected chi connectivity index (χ4v) is 5.21. The zero-order valence-corrected chi connectivity index (χ0v) is 18.7. The van der Waals surface area contributed by atoms with Gasteiger partial charge in [0.15, 0.2) is 0 Å². The van der Waals surface area contributed by atoms with Crippen LogP contribution in [0.25, 0.3) is 16.7 Å². The summed E-state index contributed by atoms with van der Waals surface area (Å²) >= 11 is 6.11. The third-order valence-corrected chi connectivity index (χ3v) is 6.98. The smallest absolute Gasteiger partial charge is 0.150 e. The fraction of sp³-hybridized carbons (Fsp3) is 0.500. The van der Waals surface area contributed by atoms with Crippen LogP contribution in [0.15, 0.2) is 30.7 Å². The zero-order valence-electron chi connectivity index (χ0n) is 17.1. The number of hydrogen-bond donors (Lipinski definition) is 1. The van der Waals surface area contributed by atoms with Crippen molar-refractivity contribution in [3.8, 4) is 5.69 Å². The number of fused-ring (bicyclic) bond motifs is 1. The highest BCUT2D eigenvalue weighted by atomic mass is 35.5. The van der Waals surface area contributed by atoms with Crippen molar-refractivity contribution in [1.29, 1.82) is 0 Å². The number of aryl methyl sites for hydroxylation is 1. The lowest BCUT2D eigenvalue weighted by molar-refractivity contribution is 0.466. The summed E-state index contributed by atoms with van der Waals surface area (Å²) in [6, 6.07) is 4.08. The average molecular weight is 438 g/mol. The van der Waals surface area contributed by atoms with Gasteiger partial charge < -0.3 is 5.32 Å². The number of nitrogens with one attached hydrogen (secondary N) is 1. The summed E-state index contributed by atoms with van der Waals surface area (Å²) in [5.74, 6) is 0.570. The van der Waals surface area contributed by atoms with Crippen molar-refractivity contribution < 1.29 is 8.42 Å². The standard InChI is InChI=1S/C18H22ClN5O2S.C2H6/c1-23-12-15(10-21-23)24-11-13(16-2-3-17(19)22-18(16)24)4-7-20-14-5-8-27(25,26)9-6-14;1-2/h2-3,10-12,14,20H,4-9H2,1H3;1-2H3. The molecule has 0 aromatic carbocycles. The molecule has 1 saturated heterocycles. The van der Waals surface area contributed by atoms with Crippen LogP contribution in [0.3, 0.4) is 0 Å². The van der Waals surface area contributed by atoms with Crippen LogP contribution in [-0.2, 0) is 23.3 Å². The molecule has 0 saturated carbocycles. The van der Waals surface area contributed by atoms with Gasteiger partial charge in [-0.15, -0.1) is 0 Å². The van der Waals surface area contributed by atoms with E-state index in [0.29, 0.717) is 18.0 Å². The van der Waals surface area contributed by atoms with Gasteiger partial charge in [0, 0.05) is 30.9 Å². The molecule has 1 fully saturated rings. The molecule has 1 N–H and O–H groups in total. The predicted molar refractivity (Wildman–Crippen MR) is 118 cm³/mol. The molecule has 0 spiro atoms. The average Bonchev–Trinajstić information content (AvgIpc) is 3.28. The van der Waals surface area contributed by atoms with Crippen molar-refractivity contribution in [3.63, 3.8) is 0 Å². The third-order valence-electron chi connectivity index (χ3n) is 5.05. The van der Waals surface area contributed by atoms with Gasteiger partial charge in [-0.3, -0.25) is 9.25 Å². The minimum atomic E-state index is -2.82. The normalized spacial score (nSPS) is 16.6. The molecular weight excluding hydrogens is 410 g/mol. The van der Waals surface area contributed by atoms with Crippen molar-refractivity contribution >= 4 is 32.5 Å². The molecule has 0 bridgehead atoms. The number of nitrogens with zero attached hydrogens (tertiary/aromatic N) is 4. The van der Waals surface area contributed by atoms with E-state index in [4.69, 9.17) is 11.6 Å². The van der Waals surface area contributed by atoms with Crippen LogP contribution in [0.1, 0.15) is 32.3 Å². The first-order valence-corrected chi connectivity index (χ1v) is 12.2. The Hall–Kier alpha value is -1.90. The maximum atomic E-state index is 11.5. The second kappa shape index (κ2) is 9.28. The highest BCUT2D eigenvalue weighted by Gasteiger charge is 2.23. The SMILES string of the molecule is CC.Cn1cc(-n2cc(CCNC3CCS(=O)(=O)CC3)c3ccc(Cl)nc32)cn1. The molecule has 158 valence electrons. The molecular formula is C20H28ClN5O2S. The van der Waals surface area contributed by atoms with Gasteiger partial charge in [-0.2, -0.15) is 5.10 Å². The van der Waals surface area contributed by atoms with Gasteiger partial charge in [0.05, 0.1) is 23.4 Å². The van der Waals surface area contributed by atoms with Crippen LogP contribution in [0.5, 0.6) is 0 Å². The minimum absolute atomic E-state index is 0.271. The van der Waals surface area contributed by atoms with E-state index in [0.717, 1.165) is 29.7 Å². The lowest BCUT2D eigenvalue weighted by Crippen LogP contribution is -2.38. The topological polar surface area (TPSA) is 81.8 Å². The number of halogens is 1. The molecule has 0 atom stereocenters. The summed E-state index contributed by atoms with van der Waals surface area (Å²) in [6.07, 6.45) is 8.03. The molecule has 7 nitrogen and oxygen atoms in total. The van der Waals surface area contributed by atoms with Crippen molar-refractivity contribution in [2.45, 2.75) is 39.2 Å². The Morgan fingerprint density at radius 1 is 1.21 bits per heavy atom. The highest BCUT2D eigenvalue weighted by molar-refractivity contribution is 7.91. The van der Waals surface area contributed by atoms with E-state index in [1.807, 2.05) is 37.7 Å². The number of hydrogen-bond acceptors (Lipinski definition) is 5.